The molecule has 0 radical (unpaired) electrons. The minimum absolute atomic E-state index is 0.0215. The second kappa shape index (κ2) is 9.18. The van der Waals surface area contributed by atoms with Gasteiger partial charge in [0.15, 0.2) is 5.69 Å². The number of amides is 1. The lowest BCUT2D eigenvalue weighted by atomic mass is 10.1. The Bertz CT molecular complexity index is 1330. The van der Waals surface area contributed by atoms with Crippen molar-refractivity contribution in [3.05, 3.63) is 59.8 Å². The fraction of sp³-hybridized carbons (Fsp3) is 0.143. The van der Waals surface area contributed by atoms with Gasteiger partial charge in [0, 0.05) is 11.1 Å². The molecule has 168 valence electrons. The van der Waals surface area contributed by atoms with Gasteiger partial charge in [0.2, 0.25) is 11.6 Å². The number of hydrogen-bond acceptors (Lipinski definition) is 10. The summed E-state index contributed by atoms with van der Waals surface area (Å²) >= 11 is 0. The smallest absolute Gasteiger partial charge is 0.294 e. The Morgan fingerprint density at radius 3 is 2.79 bits per heavy atom. The number of rotatable bonds is 7. The van der Waals surface area contributed by atoms with Crippen molar-refractivity contribution in [1.29, 1.82) is 0 Å². The van der Waals surface area contributed by atoms with Gasteiger partial charge < -0.3 is 15.6 Å². The average molecular weight is 448 g/mol. The van der Waals surface area contributed by atoms with Gasteiger partial charge in [-0.05, 0) is 48.4 Å². The van der Waals surface area contributed by atoms with E-state index in [1.165, 1.54) is 10.7 Å². The summed E-state index contributed by atoms with van der Waals surface area (Å²) in [7, 11) is 0. The number of nitrogens with two attached hydrogens (primary N) is 1. The van der Waals surface area contributed by atoms with Crippen LogP contribution in [-0.4, -0.2) is 48.6 Å². The van der Waals surface area contributed by atoms with E-state index in [2.05, 4.69) is 35.8 Å². The highest BCUT2D eigenvalue weighted by Gasteiger charge is 2.25. The topological polar surface area (TPSA) is 167 Å². The minimum Gasteiger partial charge on any atom is -0.508 e. The van der Waals surface area contributed by atoms with E-state index in [0.717, 1.165) is 0 Å². The van der Waals surface area contributed by atoms with Gasteiger partial charge >= 0.3 is 0 Å². The highest BCUT2D eigenvalue weighted by molar-refractivity contribution is 6.02. The number of anilines is 1. The lowest BCUT2D eigenvalue weighted by molar-refractivity contribution is 0.0950. The molecule has 2 aromatic carbocycles. The summed E-state index contributed by atoms with van der Waals surface area (Å²) in [5.41, 5.74) is 10.3. The van der Waals surface area contributed by atoms with E-state index in [9.17, 15) is 9.90 Å². The largest absolute Gasteiger partial charge is 0.508 e. The molecule has 4 aromatic rings. The van der Waals surface area contributed by atoms with Crippen molar-refractivity contribution >= 4 is 17.4 Å². The van der Waals surface area contributed by atoms with Crippen LogP contribution < -0.4 is 15.9 Å². The van der Waals surface area contributed by atoms with Crippen molar-refractivity contribution in [2.24, 2.45) is 5.10 Å². The zero-order valence-electron chi connectivity index (χ0n) is 17.8. The Kier molecular flexibility index (Phi) is 5.98. The molecule has 4 rings (SSSR count). The van der Waals surface area contributed by atoms with Gasteiger partial charge in [-0.1, -0.05) is 29.5 Å². The number of aromatic nitrogens is 5. The summed E-state index contributed by atoms with van der Waals surface area (Å²) < 4.78 is 11.5. The van der Waals surface area contributed by atoms with Gasteiger partial charge in [-0.15, -0.1) is 5.10 Å². The second-order valence-electron chi connectivity index (χ2n) is 6.82. The molecular weight excluding hydrogens is 428 g/mol. The Morgan fingerprint density at radius 2 is 2.06 bits per heavy atom. The molecule has 0 bridgehead atoms. The maximum absolute atomic E-state index is 13.0. The van der Waals surface area contributed by atoms with Crippen molar-refractivity contribution in [2.45, 2.75) is 13.8 Å². The highest BCUT2D eigenvalue weighted by atomic mass is 16.6. The van der Waals surface area contributed by atoms with Crippen molar-refractivity contribution < 1.29 is 19.3 Å². The van der Waals surface area contributed by atoms with Crippen molar-refractivity contribution in [1.82, 2.24) is 30.7 Å². The Hall–Kier alpha value is -4.74. The normalized spacial score (nSPS) is 11.4. The molecule has 0 saturated heterocycles. The van der Waals surface area contributed by atoms with Gasteiger partial charge in [-0.2, -0.15) is 9.78 Å². The number of nitrogens with one attached hydrogen (secondary N) is 1. The predicted octanol–water partition coefficient (Wildman–Crippen LogP) is 2.16. The summed E-state index contributed by atoms with van der Waals surface area (Å²) in [4.78, 5) is 13.0. The molecule has 2 aromatic heterocycles. The van der Waals surface area contributed by atoms with Gasteiger partial charge in [-0.25, -0.2) is 10.1 Å². The number of carbonyl (C=O) groups excluding carboxylic acids is 1. The van der Waals surface area contributed by atoms with Crippen molar-refractivity contribution in [2.75, 3.05) is 12.3 Å². The molecule has 0 saturated carbocycles. The summed E-state index contributed by atoms with van der Waals surface area (Å²) in [6, 6.07) is 13.6. The fourth-order valence-corrected chi connectivity index (χ4v) is 3.06. The first-order valence-electron chi connectivity index (χ1n) is 9.89. The molecule has 2 heterocycles. The molecule has 4 N–H and O–H groups in total. The number of benzene rings is 2. The van der Waals surface area contributed by atoms with Crippen LogP contribution in [-0.2, 0) is 0 Å². The van der Waals surface area contributed by atoms with E-state index >= 15 is 0 Å². The van der Waals surface area contributed by atoms with E-state index in [1.807, 2.05) is 6.92 Å². The van der Waals surface area contributed by atoms with Crippen LogP contribution in [0.15, 0.2) is 58.3 Å². The van der Waals surface area contributed by atoms with Crippen LogP contribution in [0.1, 0.15) is 29.9 Å². The Morgan fingerprint density at radius 1 is 1.24 bits per heavy atom. The van der Waals surface area contributed by atoms with Gasteiger partial charge in [0.25, 0.3) is 5.91 Å². The number of ether oxygens (including phenoxy) is 1. The summed E-state index contributed by atoms with van der Waals surface area (Å²) in [6.45, 7) is 4.03. The van der Waals surface area contributed by atoms with Crippen LogP contribution in [0.25, 0.3) is 17.1 Å². The average Bonchev–Trinajstić information content (AvgIpc) is 3.43. The van der Waals surface area contributed by atoms with Crippen LogP contribution in [0.2, 0.25) is 0 Å². The van der Waals surface area contributed by atoms with Crippen molar-refractivity contribution in [3.8, 4) is 28.6 Å². The monoisotopic (exact) mass is 448 g/mol. The minimum atomic E-state index is -0.618. The lowest BCUT2D eigenvalue weighted by Crippen LogP contribution is -2.21. The highest BCUT2D eigenvalue weighted by Crippen LogP contribution is 2.29. The Balaban J connectivity index is 1.73. The lowest BCUT2D eigenvalue weighted by Gasteiger charge is -2.08. The van der Waals surface area contributed by atoms with E-state index in [4.69, 9.17) is 10.5 Å². The maximum atomic E-state index is 13.0. The number of aromatic hydroxyl groups is 1. The third-order valence-corrected chi connectivity index (χ3v) is 4.59. The first-order chi connectivity index (χ1) is 16.0. The molecule has 33 heavy (non-hydrogen) atoms. The van der Waals surface area contributed by atoms with Crippen molar-refractivity contribution in [3.63, 3.8) is 0 Å². The summed E-state index contributed by atoms with van der Waals surface area (Å²) in [5, 5.41) is 29.1. The summed E-state index contributed by atoms with van der Waals surface area (Å²) in [5.74, 6) is 0.127. The zero-order valence-corrected chi connectivity index (χ0v) is 17.8. The molecule has 0 unspecified atom stereocenters. The third kappa shape index (κ3) is 4.49. The van der Waals surface area contributed by atoms with Gasteiger partial charge in [0.05, 0.1) is 12.3 Å². The van der Waals surface area contributed by atoms with Gasteiger partial charge in [-0.3, -0.25) is 4.79 Å². The second-order valence-corrected chi connectivity index (χ2v) is 6.82. The molecule has 12 heteroatoms. The standard InChI is InChI=1S/C21H20N8O4/c1-3-32-16-9-5-7-14(11-16)18-17(24-28-29(18)20-19(22)26-33-27-20)21(31)25-23-12(2)13-6-4-8-15(30)10-13/h4-11,30H,3H2,1-2H3,(H2,22,26)(H,25,31)/b23-12-. The first-order valence-corrected chi connectivity index (χ1v) is 9.89. The number of hydrogen-bond donors (Lipinski definition) is 3. The Labute approximate surface area is 187 Å². The molecule has 1 amide bonds. The van der Waals surface area contributed by atoms with Crippen LogP contribution in [0.3, 0.4) is 0 Å². The van der Waals surface area contributed by atoms with E-state index in [0.29, 0.717) is 34.9 Å². The molecular formula is C21H20N8O4. The van der Waals surface area contributed by atoms with Gasteiger partial charge in [0.1, 0.15) is 17.2 Å². The number of nitrogens with zero attached hydrogens (tertiary/aromatic N) is 6. The molecule has 0 aliphatic rings. The molecule has 0 fully saturated rings. The fourth-order valence-electron chi connectivity index (χ4n) is 3.06. The van der Waals surface area contributed by atoms with Crippen LogP contribution in [0.5, 0.6) is 11.5 Å². The molecule has 0 atom stereocenters. The first kappa shape index (κ1) is 21.5. The number of carbonyl (C=O) groups is 1. The van der Waals surface area contributed by atoms with Crippen LogP contribution in [0, 0.1) is 0 Å². The zero-order chi connectivity index (χ0) is 23.4. The molecule has 0 aliphatic carbocycles. The molecule has 0 aliphatic heterocycles. The number of phenols is 1. The maximum Gasteiger partial charge on any atom is 0.294 e. The SMILES string of the molecule is CCOc1cccc(-c2c(C(=O)N/N=C(/C)c3cccc(O)c3)nnn2-c2nonc2N)c1. The molecule has 12 nitrogen and oxygen atoms in total. The van der Waals surface area contributed by atoms with E-state index in [-0.39, 0.29) is 23.1 Å². The third-order valence-electron chi connectivity index (χ3n) is 4.59. The predicted molar refractivity (Wildman–Crippen MR) is 118 cm³/mol. The van der Waals surface area contributed by atoms with E-state index < -0.39 is 5.91 Å². The number of phenolic OH excluding ortho intramolecular Hbond substituents is 1. The summed E-state index contributed by atoms with van der Waals surface area (Å²) in [6.07, 6.45) is 0. The number of nitrogen functional groups attached to an aromatic ring is 1. The quantitative estimate of drug-likeness (QED) is 0.283. The van der Waals surface area contributed by atoms with Crippen LogP contribution >= 0.6 is 0 Å². The molecule has 0 spiro atoms. The number of hydrazone groups is 1. The van der Waals surface area contributed by atoms with E-state index in [1.54, 1.807) is 49.4 Å². The van der Waals surface area contributed by atoms with Crippen LogP contribution in [0.4, 0.5) is 5.82 Å².